The molecule has 2 aliphatic heterocycles. The van der Waals surface area contributed by atoms with Gasteiger partial charge in [0.15, 0.2) is 0 Å². The number of hydrogen-bond donors (Lipinski definition) is 1. The second kappa shape index (κ2) is 6.55. The van der Waals surface area contributed by atoms with Gasteiger partial charge in [-0.25, -0.2) is 0 Å². The van der Waals surface area contributed by atoms with Gasteiger partial charge in [-0.15, -0.1) is 0 Å². The Bertz CT molecular complexity index is 340. The highest BCUT2D eigenvalue weighted by atomic mass is 16.5. The van der Waals surface area contributed by atoms with Gasteiger partial charge in [-0.3, -0.25) is 0 Å². The van der Waals surface area contributed by atoms with Crippen molar-refractivity contribution in [3.8, 4) is 0 Å². The van der Waals surface area contributed by atoms with Crippen molar-refractivity contribution < 1.29 is 4.74 Å². The molecule has 0 bridgehead atoms. The molecule has 3 heteroatoms. The van der Waals surface area contributed by atoms with Crippen molar-refractivity contribution in [2.45, 2.75) is 78.0 Å². The van der Waals surface area contributed by atoms with Gasteiger partial charge in [0.25, 0.3) is 0 Å². The topological polar surface area (TPSA) is 24.5 Å². The quantitative estimate of drug-likeness (QED) is 0.814. The van der Waals surface area contributed by atoms with Crippen LogP contribution in [0, 0.1) is 11.8 Å². The number of rotatable bonds is 6. The lowest BCUT2D eigenvalue weighted by Gasteiger charge is -2.33. The van der Waals surface area contributed by atoms with Crippen molar-refractivity contribution in [1.29, 1.82) is 0 Å². The van der Waals surface area contributed by atoms with E-state index < -0.39 is 0 Å². The molecule has 0 aromatic rings. The fourth-order valence-electron chi connectivity index (χ4n) is 4.64. The number of hydrogen-bond acceptors (Lipinski definition) is 3. The van der Waals surface area contributed by atoms with Gasteiger partial charge < -0.3 is 15.0 Å². The Balaban J connectivity index is 2.02. The average Bonchev–Trinajstić information content (AvgIpc) is 2.86. The Morgan fingerprint density at radius 3 is 2.48 bits per heavy atom. The minimum Gasteiger partial charge on any atom is -0.368 e. The van der Waals surface area contributed by atoms with E-state index in [-0.39, 0.29) is 11.2 Å². The second-order valence-electron chi connectivity index (χ2n) is 8.15. The molecule has 0 aliphatic carbocycles. The lowest BCUT2D eigenvalue weighted by Crippen LogP contribution is -2.50. The molecule has 3 nitrogen and oxygen atoms in total. The molecular weight excluding hydrogens is 260 g/mol. The van der Waals surface area contributed by atoms with Gasteiger partial charge in [0.2, 0.25) is 0 Å². The molecule has 2 rings (SSSR count). The molecule has 3 atom stereocenters. The molecule has 0 aromatic carbocycles. The summed E-state index contributed by atoms with van der Waals surface area (Å²) in [6.45, 7) is 18.3. The van der Waals surface area contributed by atoms with Crippen molar-refractivity contribution in [2.75, 3.05) is 26.2 Å². The van der Waals surface area contributed by atoms with E-state index >= 15 is 0 Å². The van der Waals surface area contributed by atoms with E-state index in [1.807, 2.05) is 0 Å². The molecule has 2 heterocycles. The molecule has 0 radical (unpaired) electrons. The zero-order valence-corrected chi connectivity index (χ0v) is 15.0. The molecular formula is C18H36N2O. The summed E-state index contributed by atoms with van der Waals surface area (Å²) in [6, 6.07) is 0.447. The molecule has 1 N–H and O–H groups in total. The summed E-state index contributed by atoms with van der Waals surface area (Å²) in [7, 11) is 0. The molecule has 2 aliphatic rings. The molecule has 21 heavy (non-hydrogen) atoms. The summed E-state index contributed by atoms with van der Waals surface area (Å²) in [5, 5.41) is 3.70. The Labute approximate surface area is 131 Å². The normalized spacial score (nSPS) is 35.4. The summed E-state index contributed by atoms with van der Waals surface area (Å²) in [4.78, 5) is 2.68. The number of nitrogens with zero attached hydrogens (tertiary/aromatic N) is 1. The van der Waals surface area contributed by atoms with Crippen LogP contribution in [0.2, 0.25) is 0 Å². The van der Waals surface area contributed by atoms with E-state index in [2.05, 4.69) is 51.8 Å². The zero-order chi connectivity index (χ0) is 15.7. The Kier molecular flexibility index (Phi) is 5.38. The molecule has 0 saturated carbocycles. The first kappa shape index (κ1) is 17.2. The molecule has 3 unspecified atom stereocenters. The predicted octanol–water partition coefficient (Wildman–Crippen LogP) is 3.29. The van der Waals surface area contributed by atoms with Crippen LogP contribution in [0.25, 0.3) is 0 Å². The first-order chi connectivity index (χ1) is 9.80. The second-order valence-corrected chi connectivity index (χ2v) is 8.15. The average molecular weight is 296 g/mol. The fraction of sp³-hybridized carbons (Fsp3) is 1.00. The summed E-state index contributed by atoms with van der Waals surface area (Å²) >= 11 is 0. The van der Waals surface area contributed by atoms with Crippen LogP contribution in [0.1, 0.15) is 60.8 Å². The number of likely N-dealkylation sites (N-methyl/N-ethyl adjacent to an activating group) is 1. The van der Waals surface area contributed by atoms with Crippen molar-refractivity contribution in [3.05, 3.63) is 0 Å². The van der Waals surface area contributed by atoms with Gasteiger partial charge in [0, 0.05) is 25.0 Å². The van der Waals surface area contributed by atoms with Crippen LogP contribution in [0.4, 0.5) is 0 Å². The van der Waals surface area contributed by atoms with Crippen molar-refractivity contribution >= 4 is 0 Å². The molecule has 2 saturated heterocycles. The highest BCUT2D eigenvalue weighted by Crippen LogP contribution is 2.43. The van der Waals surface area contributed by atoms with Crippen LogP contribution in [-0.4, -0.2) is 48.3 Å². The van der Waals surface area contributed by atoms with Gasteiger partial charge in [0.1, 0.15) is 0 Å². The Morgan fingerprint density at radius 2 is 1.86 bits per heavy atom. The molecule has 0 aromatic heterocycles. The van der Waals surface area contributed by atoms with E-state index in [0.29, 0.717) is 12.0 Å². The first-order valence-corrected chi connectivity index (χ1v) is 8.96. The summed E-state index contributed by atoms with van der Waals surface area (Å²) in [6.07, 6.45) is 4.10. The maximum absolute atomic E-state index is 6.41. The van der Waals surface area contributed by atoms with Crippen LogP contribution >= 0.6 is 0 Å². The lowest BCUT2D eigenvalue weighted by molar-refractivity contribution is -0.0793. The third-order valence-corrected chi connectivity index (χ3v) is 5.52. The predicted molar refractivity (Wildman–Crippen MR) is 89.7 cm³/mol. The standard InChI is InChI=1S/C18H36N2O/c1-7-9-14-10-11-20(12-14)13-15-16(19-8-2)18(5,6)21-17(15,3)4/h14-16,19H,7-13H2,1-6H3. The van der Waals surface area contributed by atoms with Gasteiger partial charge in [-0.05, 0) is 59.5 Å². The van der Waals surface area contributed by atoms with Gasteiger partial charge in [-0.1, -0.05) is 20.3 Å². The highest BCUT2D eigenvalue weighted by Gasteiger charge is 2.53. The van der Waals surface area contributed by atoms with Crippen LogP contribution in [0.5, 0.6) is 0 Å². The van der Waals surface area contributed by atoms with Crippen molar-refractivity contribution in [3.63, 3.8) is 0 Å². The van der Waals surface area contributed by atoms with Crippen molar-refractivity contribution in [2.24, 2.45) is 11.8 Å². The molecule has 2 fully saturated rings. The van der Waals surface area contributed by atoms with Gasteiger partial charge in [0.05, 0.1) is 11.2 Å². The van der Waals surface area contributed by atoms with E-state index in [1.165, 1.54) is 38.9 Å². The smallest absolute Gasteiger partial charge is 0.0790 e. The van der Waals surface area contributed by atoms with E-state index in [1.54, 1.807) is 0 Å². The van der Waals surface area contributed by atoms with Crippen LogP contribution in [0.3, 0.4) is 0 Å². The van der Waals surface area contributed by atoms with Crippen LogP contribution in [-0.2, 0) is 4.74 Å². The largest absolute Gasteiger partial charge is 0.368 e. The number of likely N-dealkylation sites (tertiary alicyclic amines) is 1. The third-order valence-electron chi connectivity index (χ3n) is 5.52. The molecule has 0 spiro atoms. The van der Waals surface area contributed by atoms with E-state index in [4.69, 9.17) is 4.74 Å². The fourth-order valence-corrected chi connectivity index (χ4v) is 4.64. The lowest BCUT2D eigenvalue weighted by atomic mass is 9.82. The first-order valence-electron chi connectivity index (χ1n) is 8.96. The van der Waals surface area contributed by atoms with Gasteiger partial charge >= 0.3 is 0 Å². The summed E-state index contributed by atoms with van der Waals surface area (Å²) in [5.41, 5.74) is -0.119. The van der Waals surface area contributed by atoms with Crippen LogP contribution in [0.15, 0.2) is 0 Å². The van der Waals surface area contributed by atoms with E-state index in [9.17, 15) is 0 Å². The van der Waals surface area contributed by atoms with Gasteiger partial charge in [-0.2, -0.15) is 0 Å². The van der Waals surface area contributed by atoms with Crippen molar-refractivity contribution in [1.82, 2.24) is 10.2 Å². The van der Waals surface area contributed by atoms with E-state index in [0.717, 1.165) is 12.5 Å². The maximum Gasteiger partial charge on any atom is 0.0790 e. The Morgan fingerprint density at radius 1 is 1.14 bits per heavy atom. The summed E-state index contributed by atoms with van der Waals surface area (Å²) in [5.74, 6) is 1.49. The highest BCUT2D eigenvalue weighted by molar-refractivity contribution is 5.06. The SMILES string of the molecule is CCCC1CCN(CC2C(NCC)C(C)(C)OC2(C)C)C1. The molecule has 0 amide bonds. The molecule has 124 valence electrons. The summed E-state index contributed by atoms with van der Waals surface area (Å²) < 4.78 is 6.41. The third kappa shape index (κ3) is 3.80. The maximum atomic E-state index is 6.41. The van der Waals surface area contributed by atoms with Crippen LogP contribution < -0.4 is 5.32 Å². The number of ether oxygens (including phenoxy) is 1. The zero-order valence-electron chi connectivity index (χ0n) is 15.0. The monoisotopic (exact) mass is 296 g/mol. The number of nitrogens with one attached hydrogen (secondary N) is 1. The Hall–Kier alpha value is -0.120. The minimum atomic E-state index is -0.0767. The minimum absolute atomic E-state index is 0.0425.